The number of nitrogens with zero attached hydrogens (tertiary/aromatic N) is 3. The highest BCUT2D eigenvalue weighted by molar-refractivity contribution is 7.71. The van der Waals surface area contributed by atoms with Gasteiger partial charge in [-0.25, -0.2) is 4.98 Å². The number of carbonyl (C=O) groups is 1. The monoisotopic (exact) mass is 371 g/mol. The number of rotatable bonds is 4. The number of benzene rings is 1. The molecule has 0 saturated heterocycles. The van der Waals surface area contributed by atoms with Crippen LogP contribution in [-0.2, 0) is 25.3 Å². The summed E-state index contributed by atoms with van der Waals surface area (Å²) in [5.74, 6) is -0.239. The van der Waals surface area contributed by atoms with Gasteiger partial charge in [0, 0.05) is 32.6 Å². The topological polar surface area (TPSA) is 102 Å². The fraction of sp³-hybridized carbons (Fsp3) is 0.235. The minimum absolute atomic E-state index is 0.0715. The second-order valence-electron chi connectivity index (χ2n) is 5.83. The molecule has 0 atom stereocenters. The van der Waals surface area contributed by atoms with Crippen molar-refractivity contribution in [2.75, 3.05) is 5.32 Å². The number of para-hydroxylation sites is 1. The maximum atomic E-state index is 12.4. The van der Waals surface area contributed by atoms with Gasteiger partial charge in [0.05, 0.1) is 0 Å². The Morgan fingerprint density at radius 3 is 2.58 bits per heavy atom. The van der Waals surface area contributed by atoms with Gasteiger partial charge in [-0.2, -0.15) is 0 Å². The molecule has 3 rings (SSSR count). The zero-order valence-corrected chi connectivity index (χ0v) is 15.1. The van der Waals surface area contributed by atoms with E-state index in [-0.39, 0.29) is 40.4 Å². The van der Waals surface area contributed by atoms with Crippen LogP contribution in [0.2, 0.25) is 0 Å². The van der Waals surface area contributed by atoms with Crippen LogP contribution in [0.1, 0.15) is 12.1 Å². The predicted molar refractivity (Wildman–Crippen MR) is 101 cm³/mol. The Morgan fingerprint density at radius 1 is 1.19 bits per heavy atom. The van der Waals surface area contributed by atoms with Gasteiger partial charge in [0.2, 0.25) is 5.91 Å². The van der Waals surface area contributed by atoms with Crippen LogP contribution in [0, 0.1) is 4.77 Å². The molecule has 1 aromatic carbocycles. The Hall–Kier alpha value is -3.07. The second-order valence-corrected chi connectivity index (χ2v) is 6.19. The van der Waals surface area contributed by atoms with Gasteiger partial charge in [-0.1, -0.05) is 18.2 Å². The van der Waals surface area contributed by atoms with Gasteiger partial charge in [-0.05, 0) is 24.4 Å². The van der Waals surface area contributed by atoms with Crippen LogP contribution >= 0.6 is 12.2 Å². The van der Waals surface area contributed by atoms with Crippen LogP contribution in [0.4, 0.5) is 5.69 Å². The first-order valence-corrected chi connectivity index (χ1v) is 8.33. The van der Waals surface area contributed by atoms with Gasteiger partial charge in [0.1, 0.15) is 11.3 Å². The van der Waals surface area contributed by atoms with Crippen molar-refractivity contribution in [1.82, 2.24) is 19.1 Å². The van der Waals surface area contributed by atoms with E-state index in [9.17, 15) is 14.4 Å². The summed E-state index contributed by atoms with van der Waals surface area (Å²) in [5, 5.41) is 2.74. The molecule has 0 spiro atoms. The van der Waals surface area contributed by atoms with Crippen molar-refractivity contribution >= 4 is 35.0 Å². The molecule has 0 aliphatic heterocycles. The molecule has 9 heteroatoms. The minimum Gasteiger partial charge on any atom is -0.326 e. The molecule has 0 saturated carbocycles. The van der Waals surface area contributed by atoms with Crippen LogP contribution in [0.3, 0.4) is 0 Å². The average Bonchev–Trinajstić information content (AvgIpc) is 2.64. The predicted octanol–water partition coefficient (Wildman–Crippen LogP) is 1.26. The number of hydrogen-bond acceptors (Lipinski definition) is 5. The summed E-state index contributed by atoms with van der Waals surface area (Å²) in [6, 6.07) is 9.02. The van der Waals surface area contributed by atoms with Gasteiger partial charge < -0.3 is 14.9 Å². The van der Waals surface area contributed by atoms with Crippen LogP contribution < -0.4 is 16.4 Å². The molecule has 3 aromatic rings. The number of nitrogens with one attached hydrogen (secondary N) is 2. The molecule has 0 aliphatic carbocycles. The first kappa shape index (κ1) is 17.7. The van der Waals surface area contributed by atoms with Crippen molar-refractivity contribution in [3.05, 3.63) is 61.5 Å². The molecule has 8 nitrogen and oxygen atoms in total. The number of carbonyl (C=O) groups excluding carboxylic acids is 1. The summed E-state index contributed by atoms with van der Waals surface area (Å²) >= 11 is 5.16. The van der Waals surface area contributed by atoms with E-state index in [4.69, 9.17) is 12.2 Å². The molecule has 134 valence electrons. The Balaban J connectivity index is 1.88. The van der Waals surface area contributed by atoms with Crippen molar-refractivity contribution in [3.63, 3.8) is 0 Å². The van der Waals surface area contributed by atoms with Crippen molar-refractivity contribution in [1.29, 1.82) is 0 Å². The van der Waals surface area contributed by atoms with E-state index in [1.54, 1.807) is 26.2 Å². The number of aryl methyl sites for hydroxylation is 2. The number of hydrogen-bond donors (Lipinski definition) is 2. The third-order valence-electron chi connectivity index (χ3n) is 4.03. The fourth-order valence-corrected chi connectivity index (χ4v) is 2.76. The lowest BCUT2D eigenvalue weighted by molar-refractivity contribution is -0.116. The number of amides is 1. The first-order valence-electron chi connectivity index (χ1n) is 7.92. The molecule has 2 aromatic heterocycles. The molecule has 1 amide bonds. The molecule has 0 fully saturated rings. The van der Waals surface area contributed by atoms with Crippen molar-refractivity contribution in [2.45, 2.75) is 12.8 Å². The lowest BCUT2D eigenvalue weighted by Gasteiger charge is -2.09. The maximum Gasteiger partial charge on any atom is 0.282 e. The zero-order chi connectivity index (χ0) is 18.8. The second kappa shape index (κ2) is 7.04. The maximum absolute atomic E-state index is 12.4. The van der Waals surface area contributed by atoms with E-state index in [1.807, 2.05) is 18.2 Å². The van der Waals surface area contributed by atoms with Crippen molar-refractivity contribution in [3.8, 4) is 0 Å². The van der Waals surface area contributed by atoms with Crippen LogP contribution in [-0.4, -0.2) is 25.0 Å². The summed E-state index contributed by atoms with van der Waals surface area (Å²) in [4.78, 5) is 43.5. The zero-order valence-electron chi connectivity index (χ0n) is 14.3. The van der Waals surface area contributed by atoms with Crippen LogP contribution in [0.5, 0.6) is 0 Å². The highest BCUT2D eigenvalue weighted by atomic mass is 32.1. The van der Waals surface area contributed by atoms with E-state index in [2.05, 4.69) is 15.3 Å². The lowest BCUT2D eigenvalue weighted by atomic mass is 10.2. The molecule has 0 unspecified atom stereocenters. The van der Waals surface area contributed by atoms with E-state index < -0.39 is 11.1 Å². The normalized spacial score (nSPS) is 10.8. The van der Waals surface area contributed by atoms with Crippen molar-refractivity contribution < 1.29 is 4.79 Å². The van der Waals surface area contributed by atoms with Gasteiger partial charge in [0.25, 0.3) is 11.1 Å². The minimum atomic E-state index is -0.441. The molecular formula is C17H17N5O3S. The summed E-state index contributed by atoms with van der Waals surface area (Å²) < 4.78 is 3.08. The third kappa shape index (κ3) is 3.33. The largest absolute Gasteiger partial charge is 0.326 e. The lowest BCUT2D eigenvalue weighted by Crippen LogP contribution is -2.28. The Bertz CT molecular complexity index is 1160. The van der Waals surface area contributed by atoms with E-state index >= 15 is 0 Å². The van der Waals surface area contributed by atoms with Crippen molar-refractivity contribution in [2.24, 2.45) is 14.1 Å². The SMILES string of the molecule is Cn1c(=O)c2nc(CCC(=O)Nc3ccccc3)c(=O)[nH]c2n(C)c1=S. The van der Waals surface area contributed by atoms with Gasteiger partial charge in [0.15, 0.2) is 10.3 Å². The fourth-order valence-electron chi connectivity index (χ4n) is 2.58. The summed E-state index contributed by atoms with van der Waals surface area (Å²) in [5.41, 5.74) is 0.353. The quantitative estimate of drug-likeness (QED) is 0.673. The van der Waals surface area contributed by atoms with E-state index in [0.29, 0.717) is 5.69 Å². The Kier molecular flexibility index (Phi) is 4.81. The molecule has 2 N–H and O–H groups in total. The highest BCUT2D eigenvalue weighted by Gasteiger charge is 2.13. The van der Waals surface area contributed by atoms with Gasteiger partial charge >= 0.3 is 0 Å². The number of aromatic amines is 1. The summed E-state index contributed by atoms with van der Waals surface area (Å²) in [6.07, 6.45) is 0.189. The van der Waals surface area contributed by atoms with Crippen LogP contribution in [0.15, 0.2) is 39.9 Å². The standard InChI is InChI=1S/C17H17N5O3S/c1-21-14-13(16(25)22(2)17(21)26)19-11(15(24)20-14)8-9-12(23)18-10-6-4-3-5-7-10/h3-7H,8-9H2,1-2H3,(H,18,23)(H,20,24). The van der Waals surface area contributed by atoms with Gasteiger partial charge in [-0.15, -0.1) is 0 Å². The van der Waals surface area contributed by atoms with Gasteiger partial charge in [-0.3, -0.25) is 19.0 Å². The molecule has 0 bridgehead atoms. The molecule has 26 heavy (non-hydrogen) atoms. The number of fused-ring (bicyclic) bond motifs is 1. The molecule has 2 heterocycles. The smallest absolute Gasteiger partial charge is 0.282 e. The summed E-state index contributed by atoms with van der Waals surface area (Å²) in [6.45, 7) is 0. The average molecular weight is 371 g/mol. The molecule has 0 aliphatic rings. The third-order valence-corrected chi connectivity index (χ3v) is 4.58. The first-order chi connectivity index (χ1) is 12.4. The summed E-state index contributed by atoms with van der Waals surface area (Å²) in [7, 11) is 3.19. The molecule has 0 radical (unpaired) electrons. The van der Waals surface area contributed by atoms with E-state index in [1.165, 1.54) is 9.13 Å². The van der Waals surface area contributed by atoms with E-state index in [0.717, 1.165) is 0 Å². The number of anilines is 1. The highest BCUT2D eigenvalue weighted by Crippen LogP contribution is 2.07. The number of aromatic nitrogens is 4. The Morgan fingerprint density at radius 2 is 1.88 bits per heavy atom. The number of H-pyrrole nitrogens is 1. The Labute approximate surface area is 153 Å². The van der Waals surface area contributed by atoms with Crippen LogP contribution in [0.25, 0.3) is 11.2 Å². The molecular weight excluding hydrogens is 354 g/mol.